The van der Waals surface area contributed by atoms with Crippen LogP contribution in [0.1, 0.15) is 15.9 Å². The van der Waals surface area contributed by atoms with Gasteiger partial charge < -0.3 is 9.47 Å². The van der Waals surface area contributed by atoms with Gasteiger partial charge in [0.2, 0.25) is 0 Å². The molecule has 3 aromatic rings. The van der Waals surface area contributed by atoms with Crippen molar-refractivity contribution in [3.8, 4) is 11.5 Å². The second-order valence-electron chi connectivity index (χ2n) is 6.12. The number of benzene rings is 3. The molecular formula is C22H15Cl2FN2O4. The number of hydrogen-bond donors (Lipinski definition) is 1. The average Bonchev–Trinajstić information content (AvgIpc) is 2.73. The highest BCUT2D eigenvalue weighted by Crippen LogP contribution is 2.23. The van der Waals surface area contributed by atoms with E-state index in [0.29, 0.717) is 16.3 Å². The number of amides is 1. The molecule has 1 amide bonds. The first-order valence-electron chi connectivity index (χ1n) is 8.88. The molecule has 31 heavy (non-hydrogen) atoms. The van der Waals surface area contributed by atoms with E-state index in [-0.39, 0.29) is 22.9 Å². The summed E-state index contributed by atoms with van der Waals surface area (Å²) in [5.41, 5.74) is 3.06. The molecule has 1 N–H and O–H groups in total. The molecule has 9 heteroatoms. The zero-order valence-corrected chi connectivity index (χ0v) is 17.4. The van der Waals surface area contributed by atoms with E-state index in [1.807, 2.05) is 0 Å². The minimum absolute atomic E-state index is 0.179. The molecule has 0 spiro atoms. The zero-order chi connectivity index (χ0) is 22.2. The second kappa shape index (κ2) is 10.6. The monoisotopic (exact) mass is 460 g/mol. The Morgan fingerprint density at radius 1 is 1.00 bits per heavy atom. The highest BCUT2D eigenvalue weighted by Gasteiger charge is 2.13. The molecule has 0 aliphatic rings. The summed E-state index contributed by atoms with van der Waals surface area (Å²) in [6.45, 7) is -0.289. The zero-order valence-electron chi connectivity index (χ0n) is 15.8. The Bertz CT molecular complexity index is 1120. The van der Waals surface area contributed by atoms with Crippen molar-refractivity contribution in [2.75, 3.05) is 6.61 Å². The van der Waals surface area contributed by atoms with Crippen LogP contribution in [0, 0.1) is 5.82 Å². The van der Waals surface area contributed by atoms with Crippen molar-refractivity contribution >= 4 is 41.3 Å². The van der Waals surface area contributed by atoms with Crippen LogP contribution in [0.4, 0.5) is 4.39 Å². The summed E-state index contributed by atoms with van der Waals surface area (Å²) in [5.74, 6) is -0.908. The predicted molar refractivity (Wildman–Crippen MR) is 115 cm³/mol. The van der Waals surface area contributed by atoms with Gasteiger partial charge in [-0.1, -0.05) is 35.3 Å². The largest absolute Gasteiger partial charge is 0.484 e. The summed E-state index contributed by atoms with van der Waals surface area (Å²) in [6, 6.07) is 16.3. The Balaban J connectivity index is 1.53. The summed E-state index contributed by atoms with van der Waals surface area (Å²) in [7, 11) is 0. The third-order valence-corrected chi connectivity index (χ3v) is 4.35. The third kappa shape index (κ3) is 6.80. The summed E-state index contributed by atoms with van der Waals surface area (Å²) in [5, 5.41) is 4.42. The van der Waals surface area contributed by atoms with Crippen LogP contribution in [0.2, 0.25) is 10.0 Å². The van der Waals surface area contributed by atoms with Gasteiger partial charge in [-0.25, -0.2) is 14.6 Å². The van der Waals surface area contributed by atoms with E-state index in [1.165, 1.54) is 48.7 Å². The SMILES string of the molecule is O=C(COc1ccc(F)cc1)N/N=C/c1cccc(OC(=O)c2ccc(Cl)cc2Cl)c1. The molecule has 0 heterocycles. The van der Waals surface area contributed by atoms with E-state index in [2.05, 4.69) is 10.5 Å². The molecule has 0 aromatic heterocycles. The van der Waals surface area contributed by atoms with E-state index in [4.69, 9.17) is 32.7 Å². The van der Waals surface area contributed by atoms with Gasteiger partial charge in [0.1, 0.15) is 17.3 Å². The number of nitrogens with zero attached hydrogens (tertiary/aromatic N) is 1. The second-order valence-corrected chi connectivity index (χ2v) is 6.97. The van der Waals surface area contributed by atoms with E-state index >= 15 is 0 Å². The van der Waals surface area contributed by atoms with Crippen molar-refractivity contribution in [1.82, 2.24) is 5.43 Å². The summed E-state index contributed by atoms with van der Waals surface area (Å²) in [6.07, 6.45) is 1.38. The maximum Gasteiger partial charge on any atom is 0.345 e. The number of hydrazone groups is 1. The molecule has 0 atom stereocenters. The fraction of sp³-hybridized carbons (Fsp3) is 0.0455. The van der Waals surface area contributed by atoms with Crippen molar-refractivity contribution in [2.24, 2.45) is 5.10 Å². The van der Waals surface area contributed by atoms with Gasteiger partial charge in [0.25, 0.3) is 5.91 Å². The van der Waals surface area contributed by atoms with Crippen molar-refractivity contribution in [1.29, 1.82) is 0 Å². The first-order valence-corrected chi connectivity index (χ1v) is 9.64. The Morgan fingerprint density at radius 2 is 1.77 bits per heavy atom. The molecule has 0 saturated carbocycles. The minimum Gasteiger partial charge on any atom is -0.484 e. The van der Waals surface area contributed by atoms with Crippen LogP contribution in [0.3, 0.4) is 0 Å². The van der Waals surface area contributed by atoms with Crippen LogP contribution in [-0.4, -0.2) is 24.7 Å². The Kier molecular flexibility index (Phi) is 7.59. The van der Waals surface area contributed by atoms with E-state index in [0.717, 1.165) is 0 Å². The van der Waals surface area contributed by atoms with Crippen LogP contribution in [0.25, 0.3) is 0 Å². The molecule has 0 fully saturated rings. The standard InChI is InChI=1S/C22H15Cl2FN2O4/c23-15-4-9-19(20(24)11-15)22(29)31-18-3-1-2-14(10-18)12-26-27-21(28)13-30-17-7-5-16(25)6-8-17/h1-12H,13H2,(H,27,28)/b26-12+. The number of hydrogen-bond acceptors (Lipinski definition) is 5. The van der Waals surface area contributed by atoms with Gasteiger partial charge >= 0.3 is 5.97 Å². The number of rotatable bonds is 7. The quantitative estimate of drug-likeness (QED) is 0.236. The number of nitrogens with one attached hydrogen (secondary N) is 1. The fourth-order valence-electron chi connectivity index (χ4n) is 2.37. The van der Waals surface area contributed by atoms with Gasteiger partial charge in [-0.3, -0.25) is 4.79 Å². The lowest BCUT2D eigenvalue weighted by Gasteiger charge is -2.07. The first kappa shape index (κ1) is 22.3. The maximum absolute atomic E-state index is 12.8. The number of carbonyl (C=O) groups excluding carboxylic acids is 2. The lowest BCUT2D eigenvalue weighted by atomic mass is 10.2. The van der Waals surface area contributed by atoms with Crippen molar-refractivity contribution < 1.29 is 23.5 Å². The van der Waals surface area contributed by atoms with Gasteiger partial charge in [-0.15, -0.1) is 0 Å². The lowest BCUT2D eigenvalue weighted by Crippen LogP contribution is -2.24. The Morgan fingerprint density at radius 3 is 2.52 bits per heavy atom. The van der Waals surface area contributed by atoms with Crippen LogP contribution in [-0.2, 0) is 4.79 Å². The smallest absolute Gasteiger partial charge is 0.345 e. The number of carbonyl (C=O) groups is 2. The summed E-state index contributed by atoms with van der Waals surface area (Å²) < 4.78 is 23.4. The molecule has 6 nitrogen and oxygen atoms in total. The van der Waals surface area contributed by atoms with Crippen molar-refractivity contribution in [2.45, 2.75) is 0 Å². The number of esters is 1. The van der Waals surface area contributed by atoms with E-state index in [1.54, 1.807) is 24.3 Å². The highest BCUT2D eigenvalue weighted by atomic mass is 35.5. The molecule has 3 rings (SSSR count). The fourth-order valence-corrected chi connectivity index (χ4v) is 2.85. The molecule has 0 radical (unpaired) electrons. The van der Waals surface area contributed by atoms with Gasteiger partial charge in [-0.05, 0) is 60.2 Å². The third-order valence-electron chi connectivity index (χ3n) is 3.81. The molecule has 0 aliphatic heterocycles. The van der Waals surface area contributed by atoms with Crippen molar-refractivity contribution in [3.63, 3.8) is 0 Å². The minimum atomic E-state index is -0.637. The molecule has 0 bridgehead atoms. The van der Waals surface area contributed by atoms with Crippen LogP contribution in [0.15, 0.2) is 71.8 Å². The van der Waals surface area contributed by atoms with E-state index < -0.39 is 17.7 Å². The number of ether oxygens (including phenoxy) is 2. The van der Waals surface area contributed by atoms with Gasteiger partial charge in [-0.2, -0.15) is 5.10 Å². The van der Waals surface area contributed by atoms with E-state index in [9.17, 15) is 14.0 Å². The van der Waals surface area contributed by atoms with Crippen LogP contribution < -0.4 is 14.9 Å². The number of halogens is 3. The molecule has 158 valence electrons. The summed E-state index contributed by atoms with van der Waals surface area (Å²) >= 11 is 11.8. The topological polar surface area (TPSA) is 77.0 Å². The average molecular weight is 461 g/mol. The van der Waals surface area contributed by atoms with Crippen LogP contribution >= 0.6 is 23.2 Å². The van der Waals surface area contributed by atoms with Crippen LogP contribution in [0.5, 0.6) is 11.5 Å². The molecule has 3 aromatic carbocycles. The van der Waals surface area contributed by atoms with Crippen molar-refractivity contribution in [3.05, 3.63) is 93.7 Å². The maximum atomic E-state index is 12.8. The van der Waals surface area contributed by atoms with Gasteiger partial charge in [0.05, 0.1) is 16.8 Å². The lowest BCUT2D eigenvalue weighted by molar-refractivity contribution is -0.123. The molecular weight excluding hydrogens is 446 g/mol. The Labute approximate surface area is 187 Å². The summed E-state index contributed by atoms with van der Waals surface area (Å²) in [4.78, 5) is 24.1. The molecule has 0 saturated heterocycles. The van der Waals surface area contributed by atoms with Gasteiger partial charge in [0.15, 0.2) is 6.61 Å². The Hall–Kier alpha value is -3.42. The first-order chi connectivity index (χ1) is 14.9. The van der Waals surface area contributed by atoms with Gasteiger partial charge in [0, 0.05) is 5.02 Å². The predicted octanol–water partition coefficient (Wildman–Crippen LogP) is 4.88. The molecule has 0 aliphatic carbocycles. The normalized spacial score (nSPS) is 10.7. The molecule has 0 unspecified atom stereocenters. The highest BCUT2D eigenvalue weighted by molar-refractivity contribution is 6.36.